The molecule has 2 aliphatic heterocycles. The van der Waals surface area contributed by atoms with Gasteiger partial charge in [0.1, 0.15) is 0 Å². The molecule has 0 aromatic rings. The van der Waals surface area contributed by atoms with Crippen LogP contribution < -0.4 is 0 Å². The molecule has 2 saturated heterocycles. The predicted molar refractivity (Wildman–Crippen MR) is 74.2 cm³/mol. The molecular formula is C15H27NO3. The number of carboxylic acids is 1. The van der Waals surface area contributed by atoms with Crippen LogP contribution in [0.5, 0.6) is 0 Å². The zero-order valence-electron chi connectivity index (χ0n) is 12.3. The largest absolute Gasteiger partial charge is 0.481 e. The summed E-state index contributed by atoms with van der Waals surface area (Å²) in [7, 11) is 0. The fraction of sp³-hybridized carbons (Fsp3) is 0.933. The van der Waals surface area contributed by atoms with E-state index in [-0.39, 0.29) is 11.8 Å². The zero-order chi connectivity index (χ0) is 13.9. The minimum absolute atomic E-state index is 0.136. The third-order valence-electron chi connectivity index (χ3n) is 4.79. The van der Waals surface area contributed by atoms with E-state index in [0.717, 1.165) is 32.6 Å². The van der Waals surface area contributed by atoms with Gasteiger partial charge in [-0.3, -0.25) is 4.79 Å². The SMILES string of the molecule is CC(C)(CCC(=O)O)CCN1CC2(CCOCC2)C1. The normalized spacial score (nSPS) is 23.3. The molecule has 0 aliphatic carbocycles. The summed E-state index contributed by atoms with van der Waals surface area (Å²) in [4.78, 5) is 13.2. The Bertz CT molecular complexity index is 313. The molecule has 4 heteroatoms. The van der Waals surface area contributed by atoms with Crippen molar-refractivity contribution in [2.75, 3.05) is 32.8 Å². The van der Waals surface area contributed by atoms with Crippen molar-refractivity contribution >= 4 is 5.97 Å². The molecule has 1 N–H and O–H groups in total. The van der Waals surface area contributed by atoms with E-state index >= 15 is 0 Å². The molecule has 0 aromatic heterocycles. The number of rotatable bonds is 6. The first-order valence-corrected chi connectivity index (χ1v) is 7.43. The molecule has 2 aliphatic rings. The molecule has 0 bridgehead atoms. The van der Waals surface area contributed by atoms with Crippen LogP contribution >= 0.6 is 0 Å². The maximum Gasteiger partial charge on any atom is 0.303 e. The van der Waals surface area contributed by atoms with Crippen molar-refractivity contribution in [2.24, 2.45) is 10.8 Å². The van der Waals surface area contributed by atoms with E-state index in [9.17, 15) is 4.79 Å². The lowest BCUT2D eigenvalue weighted by atomic mass is 9.73. The van der Waals surface area contributed by atoms with Gasteiger partial charge in [-0.05, 0) is 37.6 Å². The highest BCUT2D eigenvalue weighted by molar-refractivity contribution is 5.66. The summed E-state index contributed by atoms with van der Waals surface area (Å²) < 4.78 is 5.43. The molecule has 2 heterocycles. The average Bonchev–Trinajstić information content (AvgIpc) is 2.33. The van der Waals surface area contributed by atoms with Crippen LogP contribution in [0.2, 0.25) is 0 Å². The number of carboxylic acid groups (broad SMARTS) is 1. The summed E-state index contributed by atoms with van der Waals surface area (Å²) in [5, 5.41) is 8.76. The number of ether oxygens (including phenoxy) is 1. The maximum absolute atomic E-state index is 10.6. The minimum atomic E-state index is -0.682. The number of nitrogens with zero attached hydrogens (tertiary/aromatic N) is 1. The third-order valence-corrected chi connectivity index (χ3v) is 4.79. The Labute approximate surface area is 116 Å². The molecule has 4 nitrogen and oxygen atoms in total. The summed E-state index contributed by atoms with van der Waals surface area (Å²) >= 11 is 0. The van der Waals surface area contributed by atoms with E-state index in [2.05, 4.69) is 18.7 Å². The van der Waals surface area contributed by atoms with E-state index < -0.39 is 5.97 Å². The van der Waals surface area contributed by atoms with Crippen molar-refractivity contribution in [3.05, 3.63) is 0 Å². The second-order valence-electron chi connectivity index (χ2n) is 7.13. The van der Waals surface area contributed by atoms with E-state index in [1.165, 1.54) is 25.9 Å². The number of aliphatic carboxylic acids is 1. The Hall–Kier alpha value is -0.610. The Kier molecular flexibility index (Phi) is 4.51. The van der Waals surface area contributed by atoms with Crippen molar-refractivity contribution in [2.45, 2.75) is 46.0 Å². The van der Waals surface area contributed by atoms with Gasteiger partial charge in [0.15, 0.2) is 0 Å². The van der Waals surface area contributed by atoms with Crippen molar-refractivity contribution in [1.29, 1.82) is 0 Å². The van der Waals surface area contributed by atoms with Gasteiger partial charge >= 0.3 is 5.97 Å². The second-order valence-corrected chi connectivity index (χ2v) is 7.13. The third kappa shape index (κ3) is 4.18. The van der Waals surface area contributed by atoms with Crippen LogP contribution in [0.4, 0.5) is 0 Å². The van der Waals surface area contributed by atoms with E-state index in [1.54, 1.807) is 0 Å². The molecule has 0 radical (unpaired) electrons. The summed E-state index contributed by atoms with van der Waals surface area (Å²) in [6, 6.07) is 0. The van der Waals surface area contributed by atoms with Crippen molar-refractivity contribution < 1.29 is 14.6 Å². The molecular weight excluding hydrogens is 242 g/mol. The summed E-state index contributed by atoms with van der Waals surface area (Å²) in [6.07, 6.45) is 4.58. The quantitative estimate of drug-likeness (QED) is 0.804. The standard InChI is InChI=1S/C15H27NO3/c1-14(2,4-3-13(17)18)5-8-16-11-15(12-16)6-9-19-10-7-15/h3-12H2,1-2H3,(H,17,18). The van der Waals surface area contributed by atoms with Crippen molar-refractivity contribution in [3.8, 4) is 0 Å². The summed E-state index contributed by atoms with van der Waals surface area (Å²) in [6.45, 7) is 9.75. The number of hydrogen-bond donors (Lipinski definition) is 1. The molecule has 0 amide bonds. The Morgan fingerprint density at radius 2 is 1.89 bits per heavy atom. The van der Waals surface area contributed by atoms with Crippen LogP contribution in [-0.4, -0.2) is 48.8 Å². The molecule has 0 unspecified atom stereocenters. The van der Waals surface area contributed by atoms with Gasteiger partial charge in [0.25, 0.3) is 0 Å². The Balaban J connectivity index is 1.65. The lowest BCUT2D eigenvalue weighted by Crippen LogP contribution is -2.58. The van der Waals surface area contributed by atoms with Crippen molar-refractivity contribution in [1.82, 2.24) is 4.90 Å². The van der Waals surface area contributed by atoms with Crippen molar-refractivity contribution in [3.63, 3.8) is 0 Å². The number of carbonyl (C=O) groups is 1. The minimum Gasteiger partial charge on any atom is -0.481 e. The number of likely N-dealkylation sites (tertiary alicyclic amines) is 1. The first-order valence-electron chi connectivity index (χ1n) is 7.43. The molecule has 110 valence electrons. The lowest BCUT2D eigenvalue weighted by molar-refractivity contribution is -0.137. The highest BCUT2D eigenvalue weighted by Gasteiger charge is 2.43. The zero-order valence-corrected chi connectivity index (χ0v) is 12.3. The molecule has 19 heavy (non-hydrogen) atoms. The first-order chi connectivity index (χ1) is 8.91. The van der Waals surface area contributed by atoms with Gasteiger partial charge in [-0.25, -0.2) is 0 Å². The topological polar surface area (TPSA) is 49.8 Å². The molecule has 2 rings (SSSR count). The number of hydrogen-bond acceptors (Lipinski definition) is 3. The van der Waals surface area contributed by atoms with E-state index in [0.29, 0.717) is 5.41 Å². The van der Waals surface area contributed by atoms with Gasteiger partial charge in [0.2, 0.25) is 0 Å². The molecule has 0 atom stereocenters. The van der Waals surface area contributed by atoms with Gasteiger partial charge in [-0.15, -0.1) is 0 Å². The Morgan fingerprint density at radius 1 is 1.26 bits per heavy atom. The van der Waals surface area contributed by atoms with Crippen LogP contribution in [0.15, 0.2) is 0 Å². The van der Waals surface area contributed by atoms with Gasteiger partial charge in [0.05, 0.1) is 0 Å². The monoisotopic (exact) mass is 269 g/mol. The fourth-order valence-corrected chi connectivity index (χ4v) is 3.21. The van der Waals surface area contributed by atoms with Crippen LogP contribution in [-0.2, 0) is 9.53 Å². The lowest BCUT2D eigenvalue weighted by Gasteiger charge is -2.53. The maximum atomic E-state index is 10.6. The first kappa shape index (κ1) is 14.8. The highest BCUT2D eigenvalue weighted by atomic mass is 16.5. The summed E-state index contributed by atoms with van der Waals surface area (Å²) in [5.74, 6) is -0.682. The van der Waals surface area contributed by atoms with E-state index in [4.69, 9.17) is 9.84 Å². The van der Waals surface area contributed by atoms with Crippen LogP contribution in [0, 0.1) is 10.8 Å². The fourth-order valence-electron chi connectivity index (χ4n) is 3.21. The van der Waals surface area contributed by atoms with Crippen LogP contribution in [0.3, 0.4) is 0 Å². The molecule has 0 aromatic carbocycles. The van der Waals surface area contributed by atoms with Gasteiger partial charge in [-0.1, -0.05) is 13.8 Å². The Morgan fingerprint density at radius 3 is 2.47 bits per heavy atom. The van der Waals surface area contributed by atoms with Gasteiger partial charge < -0.3 is 14.7 Å². The smallest absolute Gasteiger partial charge is 0.303 e. The van der Waals surface area contributed by atoms with E-state index in [1.807, 2.05) is 0 Å². The second kappa shape index (κ2) is 5.80. The van der Waals surface area contributed by atoms with Gasteiger partial charge in [0, 0.05) is 38.1 Å². The van der Waals surface area contributed by atoms with Gasteiger partial charge in [-0.2, -0.15) is 0 Å². The molecule has 2 fully saturated rings. The predicted octanol–water partition coefficient (Wildman–Crippen LogP) is 2.38. The summed E-state index contributed by atoms with van der Waals surface area (Å²) in [5.41, 5.74) is 0.681. The van der Waals surface area contributed by atoms with Crippen LogP contribution in [0.1, 0.15) is 46.0 Å². The highest BCUT2D eigenvalue weighted by Crippen LogP contribution is 2.40. The van der Waals surface area contributed by atoms with Crippen LogP contribution in [0.25, 0.3) is 0 Å². The molecule has 1 spiro atoms. The average molecular weight is 269 g/mol. The molecule has 0 saturated carbocycles.